The second kappa shape index (κ2) is 8.13. The first-order valence-corrected chi connectivity index (χ1v) is 10.9. The summed E-state index contributed by atoms with van der Waals surface area (Å²) in [4.78, 5) is 14.7. The number of nitrogens with zero attached hydrogens (tertiary/aromatic N) is 1. The molecule has 0 fully saturated rings. The summed E-state index contributed by atoms with van der Waals surface area (Å²) >= 11 is 10.4. The highest BCUT2D eigenvalue weighted by atomic mass is 79.9. The van der Waals surface area contributed by atoms with E-state index in [-0.39, 0.29) is 29.4 Å². The summed E-state index contributed by atoms with van der Waals surface area (Å²) in [7, 11) is 0. The van der Waals surface area contributed by atoms with E-state index in [0.29, 0.717) is 15.0 Å². The molecule has 2 aromatic carbocycles. The summed E-state index contributed by atoms with van der Waals surface area (Å²) in [5.74, 6) is -1.22. The molecule has 0 aliphatic carbocycles. The minimum Gasteiger partial charge on any atom is -0.481 e. The minimum atomic E-state index is -0.899. The van der Waals surface area contributed by atoms with Gasteiger partial charge in [0.05, 0.1) is 28.9 Å². The molecule has 1 unspecified atom stereocenters. The quantitative estimate of drug-likeness (QED) is 0.528. The number of carbonyl (C=O) groups is 1. The molecule has 1 atom stereocenters. The van der Waals surface area contributed by atoms with Crippen LogP contribution in [0.5, 0.6) is 0 Å². The molecule has 3 nitrogen and oxygen atoms in total. The zero-order valence-electron chi connectivity index (χ0n) is 15.8. The number of hydrogen-bond acceptors (Lipinski definition) is 3. The molecule has 1 aliphatic rings. The zero-order valence-corrected chi connectivity index (χ0v) is 19.0. The van der Waals surface area contributed by atoms with Crippen LogP contribution in [-0.4, -0.2) is 21.3 Å². The average Bonchev–Trinajstić information content (AvgIpc) is 2.58. The molecule has 1 aliphatic heterocycles. The van der Waals surface area contributed by atoms with Gasteiger partial charge < -0.3 is 10.0 Å². The lowest BCUT2D eigenvalue weighted by Crippen LogP contribution is -2.40. The Kier molecular flexibility index (Phi) is 6.17. The summed E-state index contributed by atoms with van der Waals surface area (Å²) in [5.41, 5.74) is 2.52. The number of aliphatic carboxylic acids is 1. The molecule has 0 aromatic heterocycles. The van der Waals surface area contributed by atoms with Crippen molar-refractivity contribution in [1.82, 2.24) is 0 Å². The topological polar surface area (TPSA) is 40.5 Å². The van der Waals surface area contributed by atoms with Gasteiger partial charge >= 0.3 is 5.97 Å². The molecule has 0 saturated carbocycles. The number of carboxylic acid groups (broad SMARTS) is 1. The zero-order chi connectivity index (χ0) is 20.6. The number of hydrogen-bond donors (Lipinski definition) is 1. The fraction of sp³-hybridized carbons (Fsp3) is 0.333. The van der Waals surface area contributed by atoms with Crippen molar-refractivity contribution in [2.24, 2.45) is 0 Å². The summed E-state index contributed by atoms with van der Waals surface area (Å²) < 4.78 is 15.2. The van der Waals surface area contributed by atoms with E-state index < -0.39 is 5.97 Å². The molecule has 7 heteroatoms. The Bertz CT molecular complexity index is 942. The second-order valence-corrected chi connectivity index (χ2v) is 10.4. The third kappa shape index (κ3) is 4.58. The molecule has 2 aromatic rings. The Morgan fingerprint density at radius 3 is 2.61 bits per heavy atom. The van der Waals surface area contributed by atoms with Crippen molar-refractivity contribution in [2.75, 3.05) is 4.90 Å². The van der Waals surface area contributed by atoms with Crippen molar-refractivity contribution in [2.45, 2.75) is 49.3 Å². The van der Waals surface area contributed by atoms with Gasteiger partial charge in [-0.1, -0.05) is 61.1 Å². The average molecular weight is 482 g/mol. The van der Waals surface area contributed by atoms with E-state index in [9.17, 15) is 14.3 Å². The number of halogens is 2. The first-order chi connectivity index (χ1) is 13.1. The van der Waals surface area contributed by atoms with Crippen molar-refractivity contribution in [3.8, 4) is 0 Å². The van der Waals surface area contributed by atoms with Gasteiger partial charge in [-0.05, 0) is 35.2 Å². The fourth-order valence-electron chi connectivity index (χ4n) is 3.06. The molecule has 0 bridgehead atoms. The van der Waals surface area contributed by atoms with Gasteiger partial charge in [-0.3, -0.25) is 4.79 Å². The Morgan fingerprint density at radius 2 is 2.00 bits per heavy atom. The molecule has 0 saturated heterocycles. The van der Waals surface area contributed by atoms with E-state index in [0.717, 1.165) is 16.1 Å². The maximum Gasteiger partial charge on any atom is 0.304 e. The molecular formula is C21H21BrFNO2S2. The molecule has 0 amide bonds. The lowest BCUT2D eigenvalue weighted by atomic mass is 9.86. The number of anilines is 1. The molecule has 0 spiro atoms. The molecule has 28 heavy (non-hydrogen) atoms. The molecule has 0 radical (unpaired) electrons. The van der Waals surface area contributed by atoms with Gasteiger partial charge in [-0.2, -0.15) is 0 Å². The number of thiocarbonyl (C=S) groups is 1. The largest absolute Gasteiger partial charge is 0.481 e. The predicted molar refractivity (Wildman–Crippen MR) is 120 cm³/mol. The molecule has 1 heterocycles. The Hall–Kier alpha value is -1.44. The Labute approximate surface area is 182 Å². The van der Waals surface area contributed by atoms with E-state index in [1.54, 1.807) is 12.1 Å². The van der Waals surface area contributed by atoms with E-state index in [1.165, 1.54) is 17.8 Å². The van der Waals surface area contributed by atoms with Gasteiger partial charge in [0, 0.05) is 14.9 Å². The highest BCUT2D eigenvalue weighted by Crippen LogP contribution is 2.43. The monoisotopic (exact) mass is 481 g/mol. The Balaban J connectivity index is 2.06. The lowest BCUT2D eigenvalue weighted by Gasteiger charge is -2.37. The summed E-state index contributed by atoms with van der Waals surface area (Å²) in [6.07, 6.45) is -0.0662. The van der Waals surface area contributed by atoms with Crippen LogP contribution in [0.2, 0.25) is 0 Å². The van der Waals surface area contributed by atoms with Crippen LogP contribution in [0.4, 0.5) is 10.1 Å². The van der Waals surface area contributed by atoms with Crippen molar-refractivity contribution in [3.05, 3.63) is 57.8 Å². The highest BCUT2D eigenvalue weighted by Gasteiger charge is 2.33. The molecule has 1 N–H and O–H groups in total. The van der Waals surface area contributed by atoms with E-state index in [2.05, 4.69) is 48.8 Å². The fourth-order valence-corrected chi connectivity index (χ4v) is 4.98. The second-order valence-electron chi connectivity index (χ2n) is 7.80. The molecular weight excluding hydrogens is 461 g/mol. The van der Waals surface area contributed by atoms with E-state index in [4.69, 9.17) is 12.2 Å². The van der Waals surface area contributed by atoms with Gasteiger partial charge in [0.15, 0.2) is 0 Å². The summed E-state index contributed by atoms with van der Waals surface area (Å²) in [6, 6.07) is 11.1. The first kappa shape index (κ1) is 21.3. The summed E-state index contributed by atoms with van der Waals surface area (Å²) in [5, 5.41) is 8.91. The summed E-state index contributed by atoms with van der Waals surface area (Å²) in [6.45, 7) is 6.66. The van der Waals surface area contributed by atoms with Crippen LogP contribution < -0.4 is 4.90 Å². The van der Waals surface area contributed by atoms with Gasteiger partial charge in [-0.15, -0.1) is 11.8 Å². The van der Waals surface area contributed by atoms with Crippen molar-refractivity contribution < 1.29 is 14.3 Å². The highest BCUT2D eigenvalue weighted by molar-refractivity contribution is 9.10. The van der Waals surface area contributed by atoms with Gasteiger partial charge in [0.25, 0.3) is 0 Å². The van der Waals surface area contributed by atoms with Crippen LogP contribution in [0.15, 0.2) is 45.8 Å². The molecule has 3 rings (SSSR count). The maximum absolute atomic E-state index is 14.5. The first-order valence-electron chi connectivity index (χ1n) is 8.84. The van der Waals surface area contributed by atoms with Gasteiger partial charge in [0.1, 0.15) is 5.82 Å². The number of thioether (sulfide) groups is 1. The normalized spacial score (nSPS) is 16.8. The predicted octanol–water partition coefficient (Wildman–Crippen LogP) is 6.17. The Morgan fingerprint density at radius 1 is 1.29 bits per heavy atom. The number of benzene rings is 2. The maximum atomic E-state index is 14.5. The van der Waals surface area contributed by atoms with Crippen LogP contribution in [0, 0.1) is 5.82 Å². The van der Waals surface area contributed by atoms with Crippen LogP contribution in [0.1, 0.15) is 38.3 Å². The van der Waals surface area contributed by atoms with E-state index >= 15 is 0 Å². The standard InChI is InChI=1S/C21H21BrFNO2S2/c1-21(2,3)13-5-7-17-16(8-13)24(20(27)18(28-17)10-19(25)26)11-12-4-6-14(22)9-15(12)23/h4-9,18H,10-11H2,1-3H3,(H,25,26). The number of rotatable bonds is 4. The molecule has 148 valence electrons. The van der Waals surface area contributed by atoms with Crippen LogP contribution in [0.3, 0.4) is 0 Å². The smallest absolute Gasteiger partial charge is 0.304 e. The number of fused-ring (bicyclic) bond motifs is 1. The van der Waals surface area contributed by atoms with Crippen molar-refractivity contribution in [3.63, 3.8) is 0 Å². The minimum absolute atomic E-state index is 0.0479. The van der Waals surface area contributed by atoms with E-state index in [1.807, 2.05) is 11.0 Å². The van der Waals surface area contributed by atoms with Crippen molar-refractivity contribution in [1.29, 1.82) is 0 Å². The third-order valence-corrected chi connectivity index (χ3v) is 7.05. The van der Waals surface area contributed by atoms with Crippen molar-refractivity contribution >= 4 is 56.6 Å². The van der Waals surface area contributed by atoms with Gasteiger partial charge in [0.2, 0.25) is 0 Å². The van der Waals surface area contributed by atoms with Gasteiger partial charge in [-0.25, -0.2) is 4.39 Å². The third-order valence-electron chi connectivity index (χ3n) is 4.63. The van der Waals surface area contributed by atoms with Crippen LogP contribution in [0.25, 0.3) is 0 Å². The lowest BCUT2D eigenvalue weighted by molar-refractivity contribution is -0.136. The number of carboxylic acids is 1. The van der Waals surface area contributed by atoms with Crippen LogP contribution >= 0.6 is 39.9 Å². The SMILES string of the molecule is CC(C)(C)c1ccc2c(c1)N(Cc1ccc(Br)cc1F)C(=S)C(CC(=O)O)S2. The van der Waals surface area contributed by atoms with Crippen LogP contribution in [-0.2, 0) is 16.8 Å².